The van der Waals surface area contributed by atoms with Gasteiger partial charge in [-0.3, -0.25) is 0 Å². The van der Waals surface area contributed by atoms with Crippen LogP contribution in [0.15, 0.2) is 28.5 Å². The third kappa shape index (κ3) is 1.70. The van der Waals surface area contributed by atoms with E-state index < -0.39 is 15.7 Å². The zero-order valence-corrected chi connectivity index (χ0v) is 9.66. The first-order chi connectivity index (χ1) is 7.06. The minimum absolute atomic E-state index is 0.0894. The Morgan fingerprint density at radius 3 is 2.80 bits per heavy atom. The van der Waals surface area contributed by atoms with Gasteiger partial charge in [0, 0.05) is 16.7 Å². The molecule has 1 aliphatic heterocycles. The van der Waals surface area contributed by atoms with Crippen molar-refractivity contribution >= 4 is 27.2 Å². The van der Waals surface area contributed by atoms with Crippen LogP contribution in [0.1, 0.15) is 5.56 Å². The number of benzene rings is 1. The predicted octanol–water partition coefficient (Wildman–Crippen LogP) is 2.32. The molecule has 0 unspecified atom stereocenters. The van der Waals surface area contributed by atoms with Crippen molar-refractivity contribution in [1.29, 1.82) is 0 Å². The lowest BCUT2D eigenvalue weighted by atomic mass is 10.1. The minimum Gasteiger partial charge on any atom is -0.219 e. The van der Waals surface area contributed by atoms with Crippen LogP contribution in [0.3, 0.4) is 0 Å². The molecule has 80 valence electrons. The summed E-state index contributed by atoms with van der Waals surface area (Å²) >= 11 is 1.47. The van der Waals surface area contributed by atoms with Crippen molar-refractivity contribution in [3.05, 3.63) is 35.0 Å². The van der Waals surface area contributed by atoms with Crippen molar-refractivity contribution < 1.29 is 12.8 Å². The Bertz CT molecular complexity index is 532. The molecule has 1 aromatic carbocycles. The normalized spacial score (nSPS) is 17.3. The van der Waals surface area contributed by atoms with Gasteiger partial charge in [-0.1, -0.05) is 6.07 Å². The van der Waals surface area contributed by atoms with Gasteiger partial charge in [-0.25, -0.2) is 12.8 Å². The maximum Gasteiger partial charge on any atom is 0.200 e. The molecule has 15 heavy (non-hydrogen) atoms. The molecule has 5 heteroatoms. The average Bonchev–Trinajstić information content (AvgIpc) is 2.41. The van der Waals surface area contributed by atoms with Crippen LogP contribution in [-0.4, -0.2) is 20.4 Å². The molecule has 0 aliphatic carbocycles. The van der Waals surface area contributed by atoms with Crippen LogP contribution in [0.2, 0.25) is 0 Å². The SMILES string of the molecule is CSCC1=CS(=O)(=O)c2cccc(F)c21. The van der Waals surface area contributed by atoms with Crippen LogP contribution < -0.4 is 0 Å². The van der Waals surface area contributed by atoms with Gasteiger partial charge >= 0.3 is 0 Å². The second kappa shape index (κ2) is 3.64. The molecular weight excluding hydrogens is 235 g/mol. The van der Waals surface area contributed by atoms with Gasteiger partial charge in [0.25, 0.3) is 0 Å². The minimum atomic E-state index is -3.41. The number of hydrogen-bond acceptors (Lipinski definition) is 3. The largest absolute Gasteiger partial charge is 0.219 e. The molecule has 2 rings (SSSR count). The first-order valence-electron chi connectivity index (χ1n) is 4.30. The Kier molecular flexibility index (Phi) is 2.60. The summed E-state index contributed by atoms with van der Waals surface area (Å²) in [5, 5.41) is 1.16. The van der Waals surface area contributed by atoms with E-state index >= 15 is 0 Å². The Balaban J connectivity index is 2.69. The van der Waals surface area contributed by atoms with E-state index in [2.05, 4.69) is 0 Å². The van der Waals surface area contributed by atoms with E-state index in [9.17, 15) is 12.8 Å². The third-order valence-electron chi connectivity index (χ3n) is 2.20. The van der Waals surface area contributed by atoms with Crippen LogP contribution >= 0.6 is 11.8 Å². The molecule has 0 N–H and O–H groups in total. The van der Waals surface area contributed by atoms with E-state index in [-0.39, 0.29) is 10.5 Å². The maximum absolute atomic E-state index is 13.5. The first kappa shape index (κ1) is 10.7. The summed E-state index contributed by atoms with van der Waals surface area (Å²) in [6, 6.07) is 4.15. The van der Waals surface area contributed by atoms with E-state index in [0.717, 1.165) is 5.41 Å². The molecule has 1 aromatic rings. The van der Waals surface area contributed by atoms with Crippen molar-refractivity contribution in [3.8, 4) is 0 Å². The Morgan fingerprint density at radius 2 is 2.13 bits per heavy atom. The molecule has 0 fully saturated rings. The fourth-order valence-corrected chi connectivity index (χ4v) is 3.75. The molecule has 0 amide bonds. The summed E-state index contributed by atoms with van der Waals surface area (Å²) in [4.78, 5) is 0.0894. The number of halogens is 1. The third-order valence-corrected chi connectivity index (χ3v) is 4.35. The zero-order chi connectivity index (χ0) is 11.1. The van der Waals surface area contributed by atoms with Gasteiger partial charge in [0.15, 0.2) is 0 Å². The van der Waals surface area contributed by atoms with Crippen LogP contribution in [0.4, 0.5) is 4.39 Å². The first-order valence-corrected chi connectivity index (χ1v) is 7.24. The summed E-state index contributed by atoms with van der Waals surface area (Å²) < 4.78 is 36.8. The van der Waals surface area contributed by atoms with Gasteiger partial charge in [-0.15, -0.1) is 0 Å². The molecule has 0 radical (unpaired) electrons. The lowest BCUT2D eigenvalue weighted by Crippen LogP contribution is -1.95. The van der Waals surface area contributed by atoms with Crippen molar-refractivity contribution in [3.63, 3.8) is 0 Å². The molecule has 0 atom stereocenters. The van der Waals surface area contributed by atoms with Gasteiger partial charge in [0.1, 0.15) is 5.82 Å². The maximum atomic E-state index is 13.5. The highest BCUT2D eigenvalue weighted by molar-refractivity contribution is 7.99. The second-order valence-electron chi connectivity index (χ2n) is 3.23. The highest BCUT2D eigenvalue weighted by Crippen LogP contribution is 2.36. The number of rotatable bonds is 2. The summed E-state index contributed by atoms with van der Waals surface area (Å²) in [6.45, 7) is 0. The zero-order valence-electron chi connectivity index (χ0n) is 8.03. The van der Waals surface area contributed by atoms with Crippen LogP contribution in [0, 0.1) is 5.82 Å². The van der Waals surface area contributed by atoms with Crippen LogP contribution in [-0.2, 0) is 9.84 Å². The van der Waals surface area contributed by atoms with Crippen LogP contribution in [0.5, 0.6) is 0 Å². The number of hydrogen-bond donors (Lipinski definition) is 0. The highest BCUT2D eigenvalue weighted by atomic mass is 32.2. The van der Waals surface area contributed by atoms with Crippen LogP contribution in [0.25, 0.3) is 5.57 Å². The second-order valence-corrected chi connectivity index (χ2v) is 5.87. The summed E-state index contributed by atoms with van der Waals surface area (Å²) in [6.07, 6.45) is 1.85. The number of sulfone groups is 1. The van der Waals surface area contributed by atoms with Gasteiger partial charge in [0.05, 0.1) is 4.90 Å². The van der Waals surface area contributed by atoms with Crippen molar-refractivity contribution in [1.82, 2.24) is 0 Å². The summed E-state index contributed by atoms with van der Waals surface area (Å²) in [5.41, 5.74) is 0.794. The Hall–Kier alpha value is -0.810. The number of fused-ring (bicyclic) bond motifs is 1. The smallest absolute Gasteiger partial charge is 0.200 e. The van der Waals surface area contributed by atoms with E-state index in [4.69, 9.17) is 0 Å². The lowest BCUT2D eigenvalue weighted by Gasteiger charge is -2.03. The topological polar surface area (TPSA) is 34.1 Å². The fourth-order valence-electron chi connectivity index (χ4n) is 1.62. The molecule has 0 bridgehead atoms. The van der Waals surface area contributed by atoms with E-state index in [0.29, 0.717) is 11.3 Å². The van der Waals surface area contributed by atoms with Gasteiger partial charge in [-0.2, -0.15) is 11.8 Å². The molecule has 0 saturated carbocycles. The molecule has 0 spiro atoms. The Morgan fingerprint density at radius 1 is 1.40 bits per heavy atom. The molecule has 0 saturated heterocycles. The van der Waals surface area contributed by atoms with E-state index in [1.165, 1.54) is 30.0 Å². The molecule has 2 nitrogen and oxygen atoms in total. The molecule has 1 aliphatic rings. The van der Waals surface area contributed by atoms with Gasteiger partial charge in [-0.05, 0) is 24.0 Å². The van der Waals surface area contributed by atoms with E-state index in [1.807, 2.05) is 6.26 Å². The predicted molar refractivity (Wildman–Crippen MR) is 59.9 cm³/mol. The quantitative estimate of drug-likeness (QED) is 0.800. The van der Waals surface area contributed by atoms with Gasteiger partial charge in [0.2, 0.25) is 9.84 Å². The fraction of sp³-hybridized carbons (Fsp3) is 0.200. The molecule has 1 heterocycles. The van der Waals surface area contributed by atoms with E-state index in [1.54, 1.807) is 0 Å². The lowest BCUT2D eigenvalue weighted by molar-refractivity contribution is 0.599. The number of thioether (sulfide) groups is 1. The summed E-state index contributed by atoms with van der Waals surface area (Å²) in [5.74, 6) is 0.0431. The standard InChI is InChI=1S/C10H9FO2S2/c1-14-5-7-6-15(12,13)9-4-2-3-8(11)10(7)9/h2-4,6H,5H2,1H3. The van der Waals surface area contributed by atoms with Crippen molar-refractivity contribution in [2.45, 2.75) is 4.90 Å². The monoisotopic (exact) mass is 244 g/mol. The average molecular weight is 244 g/mol. The van der Waals surface area contributed by atoms with Crippen molar-refractivity contribution in [2.24, 2.45) is 0 Å². The van der Waals surface area contributed by atoms with Crippen molar-refractivity contribution in [2.75, 3.05) is 12.0 Å². The van der Waals surface area contributed by atoms with Gasteiger partial charge < -0.3 is 0 Å². The Labute approximate surface area is 92.1 Å². The molecule has 0 aromatic heterocycles. The summed E-state index contributed by atoms with van der Waals surface area (Å²) in [7, 11) is -3.41. The molecular formula is C10H9FO2S2. The highest BCUT2D eigenvalue weighted by Gasteiger charge is 2.28.